The van der Waals surface area contributed by atoms with E-state index in [4.69, 9.17) is 9.15 Å². The zero-order valence-corrected chi connectivity index (χ0v) is 14.9. The van der Waals surface area contributed by atoms with Crippen molar-refractivity contribution >= 4 is 6.09 Å². The molecule has 0 spiro atoms. The molecule has 0 saturated carbocycles. The zero-order chi connectivity index (χ0) is 17.0. The van der Waals surface area contributed by atoms with Crippen LogP contribution in [0.3, 0.4) is 0 Å². The van der Waals surface area contributed by atoms with Gasteiger partial charge in [0.2, 0.25) is 0 Å². The molecule has 1 aromatic rings. The van der Waals surface area contributed by atoms with Gasteiger partial charge >= 0.3 is 6.09 Å². The van der Waals surface area contributed by atoms with Gasteiger partial charge in [0, 0.05) is 18.6 Å². The number of rotatable bonds is 5. The number of ether oxygens (including phenoxy) is 1. The summed E-state index contributed by atoms with van der Waals surface area (Å²) in [6.45, 7) is 15.5. The number of aryl methyl sites for hydroxylation is 1. The number of nitrogens with zero attached hydrogens (tertiary/aromatic N) is 1. The third-order valence-electron chi connectivity index (χ3n) is 3.03. The van der Waals surface area contributed by atoms with E-state index in [1.54, 1.807) is 4.90 Å². The van der Waals surface area contributed by atoms with E-state index in [0.717, 1.165) is 11.5 Å². The van der Waals surface area contributed by atoms with Gasteiger partial charge < -0.3 is 19.4 Å². The second-order valence-corrected chi connectivity index (χ2v) is 7.49. The maximum absolute atomic E-state index is 12.3. The Morgan fingerprint density at radius 2 is 1.86 bits per heavy atom. The Morgan fingerprint density at radius 3 is 2.32 bits per heavy atom. The summed E-state index contributed by atoms with van der Waals surface area (Å²) in [5.74, 6) is 1.80. The van der Waals surface area contributed by atoms with Crippen molar-refractivity contribution in [2.75, 3.05) is 13.1 Å². The molecule has 22 heavy (non-hydrogen) atoms. The van der Waals surface area contributed by atoms with Crippen molar-refractivity contribution in [2.45, 2.75) is 66.2 Å². The fourth-order valence-corrected chi connectivity index (χ4v) is 2.00. The second kappa shape index (κ2) is 7.18. The Morgan fingerprint density at radius 1 is 1.23 bits per heavy atom. The molecule has 1 amide bonds. The van der Waals surface area contributed by atoms with Crippen molar-refractivity contribution in [1.29, 1.82) is 0 Å². The summed E-state index contributed by atoms with van der Waals surface area (Å²) in [6.07, 6.45) is -0.282. The smallest absolute Gasteiger partial charge is 0.410 e. The van der Waals surface area contributed by atoms with Crippen LogP contribution in [0.1, 0.15) is 53.1 Å². The number of carbonyl (C=O) groups is 1. The van der Waals surface area contributed by atoms with Gasteiger partial charge in [-0.2, -0.15) is 0 Å². The van der Waals surface area contributed by atoms with Crippen molar-refractivity contribution in [1.82, 2.24) is 10.2 Å². The predicted molar refractivity (Wildman–Crippen MR) is 87.8 cm³/mol. The summed E-state index contributed by atoms with van der Waals surface area (Å²) in [6, 6.07) is 3.90. The molecule has 0 aliphatic rings. The minimum atomic E-state index is -0.486. The van der Waals surface area contributed by atoms with Gasteiger partial charge in [-0.25, -0.2) is 4.79 Å². The second-order valence-electron chi connectivity index (χ2n) is 7.49. The minimum absolute atomic E-state index is 0.282. The molecule has 0 aromatic carbocycles. The highest BCUT2D eigenvalue weighted by Crippen LogP contribution is 2.18. The largest absolute Gasteiger partial charge is 0.465 e. The van der Waals surface area contributed by atoms with Crippen molar-refractivity contribution in [3.63, 3.8) is 0 Å². The summed E-state index contributed by atoms with van der Waals surface area (Å²) < 4.78 is 11.0. The highest BCUT2D eigenvalue weighted by Gasteiger charge is 2.30. The molecule has 0 atom stereocenters. The normalized spacial score (nSPS) is 12.3. The van der Waals surface area contributed by atoms with E-state index in [1.165, 1.54) is 0 Å². The molecule has 1 rings (SSSR count). The summed E-state index contributed by atoms with van der Waals surface area (Å²) in [5, 5.41) is 3.29. The number of carbonyl (C=O) groups excluding carboxylic acids is 1. The fraction of sp³-hybridized carbons (Fsp3) is 0.706. The molecule has 0 aliphatic carbocycles. The van der Waals surface area contributed by atoms with Gasteiger partial charge in [-0.1, -0.05) is 0 Å². The van der Waals surface area contributed by atoms with Crippen LogP contribution in [0.5, 0.6) is 0 Å². The molecule has 126 valence electrons. The summed E-state index contributed by atoms with van der Waals surface area (Å²) in [5.41, 5.74) is -0.773. The molecule has 1 N–H and O–H groups in total. The highest BCUT2D eigenvalue weighted by atomic mass is 16.6. The van der Waals surface area contributed by atoms with Crippen LogP contribution >= 0.6 is 0 Å². The number of hydrogen-bond donors (Lipinski definition) is 1. The van der Waals surface area contributed by atoms with Crippen LogP contribution in [-0.2, 0) is 11.3 Å². The van der Waals surface area contributed by atoms with Crippen LogP contribution in [0.2, 0.25) is 0 Å². The Labute approximate surface area is 134 Å². The molecule has 0 unspecified atom stereocenters. The number of nitrogens with one attached hydrogen (secondary N) is 1. The van der Waals surface area contributed by atoms with Crippen LogP contribution < -0.4 is 5.32 Å². The number of hydrogen-bond acceptors (Lipinski definition) is 4. The van der Waals surface area contributed by atoms with E-state index in [1.807, 2.05) is 60.6 Å². The Kier molecular flexibility index (Phi) is 6.06. The molecule has 0 bridgehead atoms. The van der Waals surface area contributed by atoms with E-state index in [-0.39, 0.29) is 11.6 Å². The quantitative estimate of drug-likeness (QED) is 0.842. The van der Waals surface area contributed by atoms with Crippen molar-refractivity contribution < 1.29 is 13.9 Å². The van der Waals surface area contributed by atoms with E-state index in [2.05, 4.69) is 5.32 Å². The monoisotopic (exact) mass is 310 g/mol. The lowest BCUT2D eigenvalue weighted by molar-refractivity contribution is 0.00662. The fourth-order valence-electron chi connectivity index (χ4n) is 2.00. The maximum atomic E-state index is 12.3. The van der Waals surface area contributed by atoms with Crippen LogP contribution in [0, 0.1) is 6.92 Å². The zero-order valence-electron chi connectivity index (χ0n) is 14.9. The van der Waals surface area contributed by atoms with E-state index in [9.17, 15) is 4.79 Å². The first-order valence-electron chi connectivity index (χ1n) is 7.76. The summed E-state index contributed by atoms with van der Waals surface area (Å²) >= 11 is 0. The van der Waals surface area contributed by atoms with Crippen LogP contribution in [0.15, 0.2) is 16.5 Å². The molecule has 0 aliphatic heterocycles. The van der Waals surface area contributed by atoms with Crippen LogP contribution in [-0.4, -0.2) is 35.2 Å². The first-order chi connectivity index (χ1) is 9.99. The summed E-state index contributed by atoms with van der Waals surface area (Å²) in [4.78, 5) is 14.1. The predicted octanol–water partition coefficient (Wildman–Crippen LogP) is 3.71. The van der Waals surface area contributed by atoms with Gasteiger partial charge in [-0.3, -0.25) is 0 Å². The highest BCUT2D eigenvalue weighted by molar-refractivity contribution is 5.69. The number of furan rings is 1. The van der Waals surface area contributed by atoms with Crippen LogP contribution in [0.25, 0.3) is 0 Å². The van der Waals surface area contributed by atoms with E-state index in [0.29, 0.717) is 19.6 Å². The van der Waals surface area contributed by atoms with Gasteiger partial charge in [0.25, 0.3) is 0 Å². The molecule has 5 nitrogen and oxygen atoms in total. The Hall–Kier alpha value is -1.49. The first kappa shape index (κ1) is 18.6. The molecule has 1 heterocycles. The average molecular weight is 310 g/mol. The molecular formula is C17H30N2O3. The maximum Gasteiger partial charge on any atom is 0.410 e. The van der Waals surface area contributed by atoms with Crippen molar-refractivity contribution in [3.05, 3.63) is 23.7 Å². The summed E-state index contributed by atoms with van der Waals surface area (Å²) in [7, 11) is 0. The topological polar surface area (TPSA) is 54.7 Å². The van der Waals surface area contributed by atoms with Crippen LogP contribution in [0.4, 0.5) is 4.79 Å². The minimum Gasteiger partial charge on any atom is -0.465 e. The third-order valence-corrected chi connectivity index (χ3v) is 3.03. The van der Waals surface area contributed by atoms with Gasteiger partial charge in [-0.15, -0.1) is 0 Å². The molecule has 0 fully saturated rings. The van der Waals surface area contributed by atoms with E-state index >= 15 is 0 Å². The van der Waals surface area contributed by atoms with Crippen molar-refractivity contribution in [2.24, 2.45) is 0 Å². The van der Waals surface area contributed by atoms with Gasteiger partial charge in [-0.05, 0) is 60.6 Å². The lowest BCUT2D eigenvalue weighted by Crippen LogP contribution is -2.50. The molecule has 0 saturated heterocycles. The first-order valence-corrected chi connectivity index (χ1v) is 7.76. The standard InChI is InChI=1S/C17H30N2O3/c1-13-8-9-14(21-13)12-18-10-11-19(16(2,3)4)15(20)22-17(5,6)7/h8-9,18H,10-12H2,1-7H3. The van der Waals surface area contributed by atoms with Gasteiger partial charge in [0.1, 0.15) is 17.1 Å². The molecule has 0 radical (unpaired) electrons. The Balaban J connectivity index is 2.50. The molecule has 1 aromatic heterocycles. The SMILES string of the molecule is Cc1ccc(CNCCN(C(=O)OC(C)(C)C)C(C)(C)C)o1. The van der Waals surface area contributed by atoms with Crippen molar-refractivity contribution in [3.8, 4) is 0 Å². The van der Waals surface area contributed by atoms with Gasteiger partial charge in [0.15, 0.2) is 0 Å². The number of amides is 1. The average Bonchev–Trinajstić information content (AvgIpc) is 2.70. The lowest BCUT2D eigenvalue weighted by atomic mass is 10.1. The third kappa shape index (κ3) is 6.52. The Bertz CT molecular complexity index is 481. The molecule has 5 heteroatoms. The van der Waals surface area contributed by atoms with E-state index < -0.39 is 5.60 Å². The van der Waals surface area contributed by atoms with Gasteiger partial charge in [0.05, 0.1) is 6.54 Å². The molecular weight excluding hydrogens is 280 g/mol. The lowest BCUT2D eigenvalue weighted by Gasteiger charge is -2.36.